The molecule has 0 bridgehead atoms. The number of aromatic amines is 1. The molecule has 26 heavy (non-hydrogen) atoms. The summed E-state index contributed by atoms with van der Waals surface area (Å²) in [6.45, 7) is 4.40. The first-order valence-electron chi connectivity index (χ1n) is 8.58. The summed E-state index contributed by atoms with van der Waals surface area (Å²) in [6.07, 6.45) is 4.45. The molecule has 0 radical (unpaired) electrons. The molecule has 0 aliphatic carbocycles. The Bertz CT molecular complexity index is 847. The zero-order valence-electron chi connectivity index (χ0n) is 15.4. The van der Waals surface area contributed by atoms with Gasteiger partial charge in [0, 0.05) is 31.9 Å². The van der Waals surface area contributed by atoms with Gasteiger partial charge in [0.1, 0.15) is 0 Å². The van der Waals surface area contributed by atoms with E-state index in [4.69, 9.17) is 0 Å². The number of rotatable bonds is 5. The highest BCUT2D eigenvalue weighted by molar-refractivity contribution is 5.81. The molecule has 0 aromatic carbocycles. The molecule has 1 aromatic rings. The number of carboxylic acid groups (broad SMARTS) is 1. The van der Waals surface area contributed by atoms with Crippen LogP contribution in [0.5, 0.6) is 0 Å². The predicted octanol–water partition coefficient (Wildman–Crippen LogP) is 0.666. The number of carbonyl (C=O) groups excluding carboxylic acids is 1. The quantitative estimate of drug-likeness (QED) is 0.747. The van der Waals surface area contributed by atoms with Crippen molar-refractivity contribution in [3.63, 3.8) is 0 Å². The molecule has 2 heterocycles. The van der Waals surface area contributed by atoms with E-state index in [-0.39, 0.29) is 24.4 Å². The van der Waals surface area contributed by atoms with E-state index in [0.29, 0.717) is 25.8 Å². The van der Waals surface area contributed by atoms with Gasteiger partial charge in [-0.25, -0.2) is 4.79 Å². The SMILES string of the molecule is CC(C)=CC[C@@]1(C(=O)O)CCCN(C(=O)Cc2c[nH]c(=O)n(C)c2=O)C1. The van der Waals surface area contributed by atoms with Gasteiger partial charge in [0.25, 0.3) is 5.56 Å². The van der Waals surface area contributed by atoms with Crippen molar-refractivity contribution in [3.8, 4) is 0 Å². The lowest BCUT2D eigenvalue weighted by Gasteiger charge is -2.39. The Labute approximate surface area is 151 Å². The van der Waals surface area contributed by atoms with E-state index >= 15 is 0 Å². The Hall–Kier alpha value is -2.64. The predicted molar refractivity (Wildman–Crippen MR) is 95.9 cm³/mol. The number of likely N-dealkylation sites (tertiary alicyclic amines) is 1. The van der Waals surface area contributed by atoms with Crippen LogP contribution in [0.15, 0.2) is 27.4 Å². The third-order valence-electron chi connectivity index (χ3n) is 4.88. The number of hydrogen-bond donors (Lipinski definition) is 2. The second kappa shape index (κ2) is 7.72. The Kier molecular flexibility index (Phi) is 5.84. The largest absolute Gasteiger partial charge is 0.481 e. The number of H-pyrrole nitrogens is 1. The minimum atomic E-state index is -0.999. The summed E-state index contributed by atoms with van der Waals surface area (Å²) in [5.74, 6) is -1.22. The van der Waals surface area contributed by atoms with Crippen LogP contribution in [0.2, 0.25) is 0 Å². The van der Waals surface area contributed by atoms with Crippen LogP contribution in [-0.2, 0) is 23.1 Å². The molecular formula is C18H25N3O5. The number of carbonyl (C=O) groups is 2. The lowest BCUT2D eigenvalue weighted by atomic mass is 9.76. The fourth-order valence-corrected chi connectivity index (χ4v) is 3.19. The van der Waals surface area contributed by atoms with E-state index in [2.05, 4.69) is 4.98 Å². The fourth-order valence-electron chi connectivity index (χ4n) is 3.19. The van der Waals surface area contributed by atoms with E-state index in [1.54, 1.807) is 0 Å². The highest BCUT2D eigenvalue weighted by atomic mass is 16.4. The third-order valence-corrected chi connectivity index (χ3v) is 4.88. The Morgan fingerprint density at radius 1 is 1.35 bits per heavy atom. The number of piperidine rings is 1. The van der Waals surface area contributed by atoms with Crippen LogP contribution in [0.4, 0.5) is 0 Å². The van der Waals surface area contributed by atoms with Gasteiger partial charge < -0.3 is 15.0 Å². The van der Waals surface area contributed by atoms with E-state index in [1.165, 1.54) is 18.1 Å². The first-order chi connectivity index (χ1) is 12.2. The van der Waals surface area contributed by atoms with Crippen LogP contribution >= 0.6 is 0 Å². The fraction of sp³-hybridized carbons (Fsp3) is 0.556. The summed E-state index contributed by atoms with van der Waals surface area (Å²) in [6, 6.07) is 0. The molecule has 0 spiro atoms. The number of carboxylic acids is 1. The van der Waals surface area contributed by atoms with Crippen LogP contribution in [-0.4, -0.2) is 44.5 Å². The van der Waals surface area contributed by atoms with Gasteiger partial charge in [-0.3, -0.25) is 19.0 Å². The maximum Gasteiger partial charge on any atom is 0.328 e. The van der Waals surface area contributed by atoms with Crippen molar-refractivity contribution in [1.29, 1.82) is 0 Å². The standard InChI is InChI=1S/C18H25N3O5/c1-12(2)5-7-18(16(24)25)6-4-8-21(11-18)14(22)9-13-10-19-17(26)20(3)15(13)23/h5,10H,4,6-9,11H2,1-3H3,(H,19,26)(H,24,25)/t18-/m0/s1. The molecule has 0 saturated carbocycles. The Morgan fingerprint density at radius 3 is 2.65 bits per heavy atom. The van der Waals surface area contributed by atoms with Crippen LogP contribution in [0.25, 0.3) is 0 Å². The molecule has 1 fully saturated rings. The normalized spacial score (nSPS) is 19.9. The van der Waals surface area contributed by atoms with Gasteiger partial charge in [-0.05, 0) is 33.1 Å². The first-order valence-corrected chi connectivity index (χ1v) is 8.58. The Morgan fingerprint density at radius 2 is 2.04 bits per heavy atom. The Balaban J connectivity index is 2.20. The van der Waals surface area contributed by atoms with Gasteiger partial charge in [0.05, 0.1) is 11.8 Å². The molecule has 8 nitrogen and oxygen atoms in total. The van der Waals surface area contributed by atoms with Crippen molar-refractivity contribution in [2.75, 3.05) is 13.1 Å². The van der Waals surface area contributed by atoms with Crippen molar-refractivity contribution >= 4 is 11.9 Å². The van der Waals surface area contributed by atoms with Gasteiger partial charge in [0.15, 0.2) is 0 Å². The molecule has 1 aliphatic heterocycles. The molecule has 1 aromatic heterocycles. The number of hydrogen-bond acceptors (Lipinski definition) is 4. The van der Waals surface area contributed by atoms with Crippen LogP contribution in [0.3, 0.4) is 0 Å². The minimum absolute atomic E-state index is 0.120. The number of nitrogens with zero attached hydrogens (tertiary/aromatic N) is 2. The number of nitrogens with one attached hydrogen (secondary N) is 1. The average molecular weight is 363 g/mol. The molecule has 2 N–H and O–H groups in total. The van der Waals surface area contributed by atoms with Crippen molar-refractivity contribution in [2.24, 2.45) is 12.5 Å². The van der Waals surface area contributed by atoms with Gasteiger partial charge in [-0.1, -0.05) is 11.6 Å². The second-order valence-corrected chi connectivity index (χ2v) is 7.15. The average Bonchev–Trinajstić information content (AvgIpc) is 2.60. The van der Waals surface area contributed by atoms with Crippen molar-refractivity contribution in [2.45, 2.75) is 39.5 Å². The van der Waals surface area contributed by atoms with Gasteiger partial charge in [-0.2, -0.15) is 0 Å². The molecule has 2 rings (SSSR count). The van der Waals surface area contributed by atoms with Crippen LogP contribution < -0.4 is 11.2 Å². The number of amides is 1. The molecule has 0 unspecified atom stereocenters. The monoisotopic (exact) mass is 363 g/mol. The van der Waals surface area contributed by atoms with E-state index < -0.39 is 22.6 Å². The molecule has 1 saturated heterocycles. The summed E-state index contributed by atoms with van der Waals surface area (Å²) in [4.78, 5) is 52.0. The zero-order valence-corrected chi connectivity index (χ0v) is 15.4. The summed E-state index contributed by atoms with van der Waals surface area (Å²) in [5.41, 5.74) is -0.844. The highest BCUT2D eigenvalue weighted by Crippen LogP contribution is 2.35. The first kappa shape index (κ1) is 19.7. The second-order valence-electron chi connectivity index (χ2n) is 7.15. The maximum atomic E-state index is 12.6. The number of aliphatic carboxylic acids is 1. The van der Waals surface area contributed by atoms with Gasteiger partial charge in [-0.15, -0.1) is 0 Å². The van der Waals surface area contributed by atoms with E-state index in [9.17, 15) is 24.3 Å². The van der Waals surface area contributed by atoms with E-state index in [0.717, 1.165) is 10.1 Å². The zero-order chi connectivity index (χ0) is 19.5. The third kappa shape index (κ3) is 4.12. The summed E-state index contributed by atoms with van der Waals surface area (Å²) in [5, 5.41) is 9.74. The molecule has 1 amide bonds. The smallest absolute Gasteiger partial charge is 0.328 e. The van der Waals surface area contributed by atoms with Crippen molar-refractivity contribution in [1.82, 2.24) is 14.5 Å². The molecule has 8 heteroatoms. The summed E-state index contributed by atoms with van der Waals surface area (Å²) >= 11 is 0. The number of allylic oxidation sites excluding steroid dienone is 2. The van der Waals surface area contributed by atoms with Crippen LogP contribution in [0, 0.1) is 5.41 Å². The summed E-state index contributed by atoms with van der Waals surface area (Å²) < 4.78 is 0.912. The molecule has 142 valence electrons. The molecule has 1 aliphatic rings. The molecular weight excluding hydrogens is 338 g/mol. The summed E-state index contributed by atoms with van der Waals surface area (Å²) in [7, 11) is 1.34. The van der Waals surface area contributed by atoms with Crippen molar-refractivity contribution in [3.05, 3.63) is 44.2 Å². The topological polar surface area (TPSA) is 112 Å². The van der Waals surface area contributed by atoms with Crippen molar-refractivity contribution < 1.29 is 14.7 Å². The van der Waals surface area contributed by atoms with Crippen LogP contribution in [0.1, 0.15) is 38.7 Å². The molecule has 1 atom stereocenters. The lowest BCUT2D eigenvalue weighted by molar-refractivity contribution is -0.154. The maximum absolute atomic E-state index is 12.6. The van der Waals surface area contributed by atoms with Gasteiger partial charge >= 0.3 is 11.7 Å². The minimum Gasteiger partial charge on any atom is -0.481 e. The number of aromatic nitrogens is 2. The lowest BCUT2D eigenvalue weighted by Crippen LogP contribution is -2.50. The van der Waals surface area contributed by atoms with Gasteiger partial charge in [0.2, 0.25) is 5.91 Å². The highest BCUT2D eigenvalue weighted by Gasteiger charge is 2.42. The van der Waals surface area contributed by atoms with E-state index in [1.807, 2.05) is 19.9 Å².